The zero-order chi connectivity index (χ0) is 17.1. The van der Waals surface area contributed by atoms with Crippen LogP contribution < -0.4 is 5.56 Å². The van der Waals surface area contributed by atoms with Crippen molar-refractivity contribution in [3.63, 3.8) is 0 Å². The number of likely N-dealkylation sites (tertiary alicyclic amines) is 1. The molecule has 0 N–H and O–H groups in total. The number of carbonyl (C=O) groups excluding carboxylic acids is 2. The lowest BCUT2D eigenvalue weighted by atomic mass is 10.1. The summed E-state index contributed by atoms with van der Waals surface area (Å²) in [5.41, 5.74) is -0.136. The van der Waals surface area contributed by atoms with Gasteiger partial charge in [0.1, 0.15) is 0 Å². The van der Waals surface area contributed by atoms with Gasteiger partial charge in [-0.3, -0.25) is 14.4 Å². The van der Waals surface area contributed by atoms with Crippen LogP contribution in [0.2, 0.25) is 0 Å². The van der Waals surface area contributed by atoms with Gasteiger partial charge in [0, 0.05) is 37.6 Å². The van der Waals surface area contributed by atoms with Crippen LogP contribution in [-0.4, -0.2) is 44.5 Å². The number of rotatable bonds is 5. The lowest BCUT2D eigenvalue weighted by Gasteiger charge is -2.17. The van der Waals surface area contributed by atoms with E-state index >= 15 is 0 Å². The number of fused-ring (bicyclic) bond motifs is 1. The Morgan fingerprint density at radius 2 is 2.08 bits per heavy atom. The second kappa shape index (κ2) is 7.17. The van der Waals surface area contributed by atoms with Crippen molar-refractivity contribution >= 4 is 33.6 Å². The molecule has 0 saturated carbocycles. The molecule has 1 atom stereocenters. The molecule has 24 heavy (non-hydrogen) atoms. The fraction of sp³-hybridized carbons (Fsp3) is 0.412. The summed E-state index contributed by atoms with van der Waals surface area (Å²) in [6.45, 7) is 3.02. The van der Waals surface area contributed by atoms with E-state index in [1.807, 2.05) is 18.2 Å². The van der Waals surface area contributed by atoms with E-state index in [4.69, 9.17) is 0 Å². The van der Waals surface area contributed by atoms with Gasteiger partial charge in [0.15, 0.2) is 5.12 Å². The summed E-state index contributed by atoms with van der Waals surface area (Å²) >= 11 is 1.27. The van der Waals surface area contributed by atoms with Crippen LogP contribution in [0.3, 0.4) is 0 Å². The van der Waals surface area contributed by atoms with E-state index in [2.05, 4.69) is 5.10 Å². The second-order valence-electron chi connectivity index (χ2n) is 5.97. The standard InChI is InChI=1S/C17H19N3O3S/c1-12(21)24-11-13-8-16(22)19(10-13)6-7-20-17(23)15-5-3-2-4-14(15)9-18-20/h2-5,9,13H,6-8,10-11H2,1H3. The van der Waals surface area contributed by atoms with Gasteiger partial charge in [-0.25, -0.2) is 4.68 Å². The number of thioether (sulfide) groups is 1. The van der Waals surface area contributed by atoms with Gasteiger partial charge >= 0.3 is 0 Å². The second-order valence-corrected chi connectivity index (χ2v) is 7.17. The van der Waals surface area contributed by atoms with Crippen molar-refractivity contribution < 1.29 is 9.59 Å². The lowest BCUT2D eigenvalue weighted by molar-refractivity contribution is -0.127. The van der Waals surface area contributed by atoms with E-state index in [0.29, 0.717) is 37.2 Å². The van der Waals surface area contributed by atoms with E-state index in [1.54, 1.807) is 17.2 Å². The van der Waals surface area contributed by atoms with E-state index in [-0.39, 0.29) is 22.5 Å². The molecule has 3 rings (SSSR count). The molecule has 1 fully saturated rings. The van der Waals surface area contributed by atoms with Gasteiger partial charge < -0.3 is 4.90 Å². The number of benzene rings is 1. The van der Waals surface area contributed by atoms with E-state index < -0.39 is 0 Å². The monoisotopic (exact) mass is 345 g/mol. The van der Waals surface area contributed by atoms with Gasteiger partial charge in [-0.05, 0) is 12.0 Å². The van der Waals surface area contributed by atoms with Crippen molar-refractivity contribution in [1.29, 1.82) is 0 Å². The number of carbonyl (C=O) groups is 2. The maximum Gasteiger partial charge on any atom is 0.274 e. The summed E-state index contributed by atoms with van der Waals surface area (Å²) in [6, 6.07) is 7.34. The van der Waals surface area contributed by atoms with Crippen molar-refractivity contribution in [3.8, 4) is 0 Å². The normalized spacial score (nSPS) is 17.6. The first-order valence-electron chi connectivity index (χ1n) is 7.90. The number of hydrogen-bond acceptors (Lipinski definition) is 5. The molecule has 1 saturated heterocycles. The molecule has 1 aliphatic rings. The summed E-state index contributed by atoms with van der Waals surface area (Å²) in [6.07, 6.45) is 2.15. The third-order valence-electron chi connectivity index (χ3n) is 4.16. The molecule has 1 amide bonds. The highest BCUT2D eigenvalue weighted by Gasteiger charge is 2.29. The minimum absolute atomic E-state index is 0.0767. The third-order valence-corrected chi connectivity index (χ3v) is 5.21. The molecule has 6 nitrogen and oxygen atoms in total. The Labute approximate surface area is 143 Å². The summed E-state index contributed by atoms with van der Waals surface area (Å²) in [5, 5.41) is 5.72. The maximum absolute atomic E-state index is 12.4. The predicted molar refractivity (Wildman–Crippen MR) is 93.8 cm³/mol. The Morgan fingerprint density at radius 1 is 1.29 bits per heavy atom. The van der Waals surface area contributed by atoms with Crippen molar-refractivity contribution in [3.05, 3.63) is 40.8 Å². The molecule has 0 aliphatic carbocycles. The lowest BCUT2D eigenvalue weighted by Crippen LogP contribution is -2.33. The van der Waals surface area contributed by atoms with Gasteiger partial charge in [0.05, 0.1) is 18.1 Å². The largest absolute Gasteiger partial charge is 0.341 e. The van der Waals surface area contributed by atoms with E-state index in [9.17, 15) is 14.4 Å². The van der Waals surface area contributed by atoms with Crippen LogP contribution in [0, 0.1) is 5.92 Å². The molecule has 126 valence electrons. The van der Waals surface area contributed by atoms with Crippen LogP contribution >= 0.6 is 11.8 Å². The summed E-state index contributed by atoms with van der Waals surface area (Å²) in [7, 11) is 0. The minimum atomic E-state index is -0.136. The molecular weight excluding hydrogens is 326 g/mol. The van der Waals surface area contributed by atoms with Crippen LogP contribution in [0.15, 0.2) is 35.3 Å². The highest BCUT2D eigenvalue weighted by atomic mass is 32.2. The Hall–Kier alpha value is -2.15. The summed E-state index contributed by atoms with van der Waals surface area (Å²) in [4.78, 5) is 37.3. The van der Waals surface area contributed by atoms with Gasteiger partial charge in [-0.1, -0.05) is 30.0 Å². The summed E-state index contributed by atoms with van der Waals surface area (Å²) < 4.78 is 1.41. The van der Waals surface area contributed by atoms with Crippen LogP contribution in [0.1, 0.15) is 13.3 Å². The molecule has 1 unspecified atom stereocenters. The number of nitrogens with zero attached hydrogens (tertiary/aromatic N) is 3. The van der Waals surface area contributed by atoms with Crippen molar-refractivity contribution in [1.82, 2.24) is 14.7 Å². The topological polar surface area (TPSA) is 72.3 Å². The molecule has 7 heteroatoms. The average Bonchev–Trinajstić information content (AvgIpc) is 2.93. The van der Waals surface area contributed by atoms with E-state index in [1.165, 1.54) is 23.4 Å². The zero-order valence-corrected chi connectivity index (χ0v) is 14.3. The molecular formula is C17H19N3O3S. The molecule has 1 aliphatic heterocycles. The highest BCUT2D eigenvalue weighted by Crippen LogP contribution is 2.22. The van der Waals surface area contributed by atoms with Crippen LogP contribution in [0.25, 0.3) is 10.8 Å². The molecule has 0 bridgehead atoms. The molecule has 0 radical (unpaired) electrons. The Balaban J connectivity index is 1.64. The first-order chi connectivity index (χ1) is 11.5. The highest BCUT2D eigenvalue weighted by molar-refractivity contribution is 8.13. The first-order valence-corrected chi connectivity index (χ1v) is 8.89. The number of amides is 1. The van der Waals surface area contributed by atoms with Gasteiger partial charge in [-0.2, -0.15) is 5.10 Å². The molecule has 0 spiro atoms. The van der Waals surface area contributed by atoms with Gasteiger partial charge in [0.25, 0.3) is 5.56 Å². The average molecular weight is 345 g/mol. The Bertz CT molecular complexity index is 833. The molecule has 1 aromatic heterocycles. The first kappa shape index (κ1) is 16.7. The van der Waals surface area contributed by atoms with Crippen LogP contribution in [0.5, 0.6) is 0 Å². The molecule has 2 heterocycles. The summed E-state index contributed by atoms with van der Waals surface area (Å²) in [5.74, 6) is 0.955. The van der Waals surface area contributed by atoms with Crippen molar-refractivity contribution in [2.24, 2.45) is 5.92 Å². The third kappa shape index (κ3) is 3.67. The SMILES string of the molecule is CC(=O)SCC1CC(=O)N(CCn2ncc3ccccc3c2=O)C1. The zero-order valence-electron chi connectivity index (χ0n) is 13.5. The molecule has 2 aromatic rings. The number of hydrogen-bond donors (Lipinski definition) is 0. The predicted octanol–water partition coefficient (Wildman–Crippen LogP) is 1.52. The maximum atomic E-state index is 12.4. The van der Waals surface area contributed by atoms with Crippen LogP contribution in [0.4, 0.5) is 0 Å². The number of aromatic nitrogens is 2. The minimum Gasteiger partial charge on any atom is -0.341 e. The Morgan fingerprint density at radius 3 is 2.88 bits per heavy atom. The fourth-order valence-electron chi connectivity index (χ4n) is 2.92. The van der Waals surface area contributed by atoms with Crippen molar-refractivity contribution in [2.75, 3.05) is 18.8 Å². The Kier molecular flexibility index (Phi) is 4.99. The van der Waals surface area contributed by atoms with Crippen molar-refractivity contribution in [2.45, 2.75) is 19.9 Å². The quantitative estimate of drug-likeness (QED) is 0.822. The van der Waals surface area contributed by atoms with E-state index in [0.717, 1.165) is 5.39 Å². The van der Waals surface area contributed by atoms with Gasteiger partial charge in [-0.15, -0.1) is 0 Å². The van der Waals surface area contributed by atoms with Crippen LogP contribution in [-0.2, 0) is 16.1 Å². The fourth-order valence-corrected chi connectivity index (χ4v) is 3.61. The molecule has 1 aromatic carbocycles. The van der Waals surface area contributed by atoms with Gasteiger partial charge in [0.2, 0.25) is 5.91 Å². The smallest absolute Gasteiger partial charge is 0.274 e.